The predicted octanol–water partition coefficient (Wildman–Crippen LogP) is 3.80. The second-order valence-corrected chi connectivity index (χ2v) is 6.28. The summed E-state index contributed by atoms with van der Waals surface area (Å²) >= 11 is 0. The van der Waals surface area contributed by atoms with Gasteiger partial charge in [0.1, 0.15) is 12.2 Å². The topological polar surface area (TPSA) is 71.5 Å². The number of nitrogens with zero attached hydrogens (tertiary/aromatic N) is 3. The zero-order valence-electron chi connectivity index (χ0n) is 14.6. The molecular weight excluding hydrogens is 338 g/mol. The van der Waals surface area contributed by atoms with E-state index in [2.05, 4.69) is 19.9 Å². The minimum Gasteiger partial charge on any atom is -0.311 e. The summed E-state index contributed by atoms with van der Waals surface area (Å²) in [7, 11) is 0. The highest BCUT2D eigenvalue weighted by molar-refractivity contribution is 5.54. The van der Waals surface area contributed by atoms with Crippen LogP contribution >= 0.6 is 0 Å². The Hall–Kier alpha value is -2.96. The van der Waals surface area contributed by atoms with Gasteiger partial charge in [-0.15, -0.1) is 0 Å². The molecule has 0 saturated heterocycles. The Labute approximate surface area is 149 Å². The fourth-order valence-electron chi connectivity index (χ4n) is 2.70. The van der Waals surface area contributed by atoms with Crippen LogP contribution in [0.15, 0.2) is 47.5 Å². The summed E-state index contributed by atoms with van der Waals surface area (Å²) in [5.74, 6) is -2.50. The van der Waals surface area contributed by atoms with Crippen LogP contribution in [0.3, 0.4) is 0 Å². The number of aromatic nitrogens is 4. The lowest BCUT2D eigenvalue weighted by Crippen LogP contribution is -2.09. The van der Waals surface area contributed by atoms with Crippen molar-refractivity contribution in [3.8, 4) is 11.4 Å². The van der Waals surface area contributed by atoms with Gasteiger partial charge in [0, 0.05) is 24.5 Å². The van der Waals surface area contributed by atoms with Gasteiger partial charge in [-0.05, 0) is 18.6 Å². The molecule has 7 heteroatoms. The molecule has 0 aliphatic heterocycles. The van der Waals surface area contributed by atoms with Crippen molar-refractivity contribution < 1.29 is 8.78 Å². The van der Waals surface area contributed by atoms with Crippen molar-refractivity contribution in [2.45, 2.75) is 32.6 Å². The molecule has 0 aliphatic rings. The smallest absolute Gasteiger partial charge is 0.270 e. The first kappa shape index (κ1) is 17.8. The van der Waals surface area contributed by atoms with Gasteiger partial charge in [0.05, 0.1) is 17.1 Å². The van der Waals surface area contributed by atoms with E-state index in [1.807, 2.05) is 6.92 Å². The molecule has 5 nitrogen and oxygen atoms in total. The van der Waals surface area contributed by atoms with Crippen LogP contribution in [0.1, 0.15) is 42.4 Å². The number of alkyl halides is 2. The summed E-state index contributed by atoms with van der Waals surface area (Å²) in [6.45, 7) is 4.50. The highest BCUT2D eigenvalue weighted by Gasteiger charge is 2.24. The van der Waals surface area contributed by atoms with Crippen LogP contribution in [-0.4, -0.2) is 19.9 Å². The van der Waals surface area contributed by atoms with Crippen LogP contribution in [0.25, 0.3) is 11.4 Å². The standard InChI is InChI=1S/C19H18F2N4O/c1-11(13-4-6-14(7-5-13)19(3,20)21)15-8-16(23-10-22-15)17-9-18(26)25-12(2)24-17/h4-11H,1-3H3,(H,24,25,26)/t11-/m1/s1. The Morgan fingerprint density at radius 1 is 1.08 bits per heavy atom. The molecule has 1 aromatic carbocycles. The minimum atomic E-state index is -2.87. The molecule has 1 N–H and O–H groups in total. The fourth-order valence-corrected chi connectivity index (χ4v) is 2.70. The first-order valence-electron chi connectivity index (χ1n) is 8.12. The molecule has 2 heterocycles. The van der Waals surface area contributed by atoms with Gasteiger partial charge in [-0.3, -0.25) is 4.79 Å². The first-order valence-corrected chi connectivity index (χ1v) is 8.12. The minimum absolute atomic E-state index is 0.0278. The largest absolute Gasteiger partial charge is 0.311 e. The molecule has 134 valence electrons. The third-order valence-corrected chi connectivity index (χ3v) is 4.17. The summed E-state index contributed by atoms with van der Waals surface area (Å²) in [5.41, 5.74) is 2.29. The lowest BCUT2D eigenvalue weighted by atomic mass is 9.95. The number of nitrogens with one attached hydrogen (secondary N) is 1. The van der Waals surface area contributed by atoms with Gasteiger partial charge in [0.2, 0.25) is 0 Å². The van der Waals surface area contributed by atoms with Gasteiger partial charge < -0.3 is 4.98 Å². The lowest BCUT2D eigenvalue weighted by molar-refractivity contribution is 0.0174. The van der Waals surface area contributed by atoms with Gasteiger partial charge in [0.25, 0.3) is 11.5 Å². The predicted molar refractivity (Wildman–Crippen MR) is 94.1 cm³/mol. The van der Waals surface area contributed by atoms with Crippen LogP contribution in [0, 0.1) is 6.92 Å². The van der Waals surface area contributed by atoms with Crippen LogP contribution < -0.4 is 5.56 Å². The van der Waals surface area contributed by atoms with Crippen molar-refractivity contribution >= 4 is 0 Å². The zero-order valence-corrected chi connectivity index (χ0v) is 14.6. The Morgan fingerprint density at radius 2 is 1.77 bits per heavy atom. The van der Waals surface area contributed by atoms with Gasteiger partial charge in [0.15, 0.2) is 0 Å². The molecular formula is C19H18F2N4O. The zero-order chi connectivity index (χ0) is 18.9. The summed E-state index contributed by atoms with van der Waals surface area (Å²) in [4.78, 5) is 27.0. The summed E-state index contributed by atoms with van der Waals surface area (Å²) < 4.78 is 26.7. The molecule has 0 aliphatic carbocycles. The van der Waals surface area contributed by atoms with E-state index in [1.54, 1.807) is 25.1 Å². The Morgan fingerprint density at radius 3 is 2.38 bits per heavy atom. The number of hydrogen-bond donors (Lipinski definition) is 1. The third kappa shape index (κ3) is 3.82. The van der Waals surface area contributed by atoms with Gasteiger partial charge >= 0.3 is 0 Å². The SMILES string of the molecule is Cc1nc(-c2cc([C@H](C)c3ccc(C(C)(F)F)cc3)ncn2)cc(=O)[nH]1. The van der Waals surface area contributed by atoms with Gasteiger partial charge in [-0.2, -0.15) is 0 Å². The van der Waals surface area contributed by atoms with E-state index in [-0.39, 0.29) is 17.0 Å². The third-order valence-electron chi connectivity index (χ3n) is 4.17. The number of hydrogen-bond acceptors (Lipinski definition) is 4. The van der Waals surface area contributed by atoms with Crippen LogP contribution in [-0.2, 0) is 5.92 Å². The fraction of sp³-hybridized carbons (Fsp3) is 0.263. The summed E-state index contributed by atoms with van der Waals surface area (Å²) in [6.07, 6.45) is 1.41. The molecule has 0 amide bonds. The molecule has 26 heavy (non-hydrogen) atoms. The molecule has 3 rings (SSSR count). The Kier molecular flexibility index (Phi) is 4.63. The van der Waals surface area contributed by atoms with Crippen LogP contribution in [0.4, 0.5) is 8.78 Å². The highest BCUT2D eigenvalue weighted by atomic mass is 19.3. The molecule has 0 fully saturated rings. The van der Waals surface area contributed by atoms with Crippen molar-refractivity contribution in [1.29, 1.82) is 0 Å². The summed E-state index contributed by atoms with van der Waals surface area (Å²) in [5, 5.41) is 0. The van der Waals surface area contributed by atoms with Crippen LogP contribution in [0.2, 0.25) is 0 Å². The number of aromatic amines is 1. The van der Waals surface area contributed by atoms with E-state index < -0.39 is 5.92 Å². The second kappa shape index (κ2) is 6.74. The second-order valence-electron chi connectivity index (χ2n) is 6.28. The van der Waals surface area contributed by atoms with Crippen LogP contribution in [0.5, 0.6) is 0 Å². The van der Waals surface area contributed by atoms with Crippen molar-refractivity contribution in [3.63, 3.8) is 0 Å². The van der Waals surface area contributed by atoms with Crippen molar-refractivity contribution in [3.05, 3.63) is 75.7 Å². The number of halogens is 2. The molecule has 0 saturated carbocycles. The number of benzene rings is 1. The number of H-pyrrole nitrogens is 1. The maximum Gasteiger partial charge on any atom is 0.270 e. The van der Waals surface area contributed by atoms with E-state index >= 15 is 0 Å². The quantitative estimate of drug-likeness (QED) is 0.772. The maximum atomic E-state index is 13.4. The number of aryl methyl sites for hydroxylation is 1. The average Bonchev–Trinajstić information content (AvgIpc) is 2.60. The first-order chi connectivity index (χ1) is 12.2. The van der Waals surface area contributed by atoms with E-state index in [9.17, 15) is 13.6 Å². The van der Waals surface area contributed by atoms with Gasteiger partial charge in [-0.25, -0.2) is 23.7 Å². The van der Waals surface area contributed by atoms with E-state index in [0.29, 0.717) is 22.9 Å². The van der Waals surface area contributed by atoms with E-state index in [4.69, 9.17) is 0 Å². The normalized spacial score (nSPS) is 12.8. The maximum absolute atomic E-state index is 13.4. The lowest BCUT2D eigenvalue weighted by Gasteiger charge is -2.15. The molecule has 0 radical (unpaired) electrons. The van der Waals surface area contributed by atoms with Crippen molar-refractivity contribution in [2.75, 3.05) is 0 Å². The molecule has 0 spiro atoms. The monoisotopic (exact) mass is 356 g/mol. The Bertz CT molecular complexity index is 978. The average molecular weight is 356 g/mol. The molecule has 0 unspecified atom stereocenters. The Balaban J connectivity index is 1.93. The molecule has 2 aromatic heterocycles. The van der Waals surface area contributed by atoms with Crippen molar-refractivity contribution in [2.24, 2.45) is 0 Å². The van der Waals surface area contributed by atoms with Crippen molar-refractivity contribution in [1.82, 2.24) is 19.9 Å². The molecule has 0 bridgehead atoms. The molecule has 3 aromatic rings. The van der Waals surface area contributed by atoms with Gasteiger partial charge in [-0.1, -0.05) is 31.2 Å². The number of rotatable bonds is 4. The van der Waals surface area contributed by atoms with E-state index in [0.717, 1.165) is 12.5 Å². The van der Waals surface area contributed by atoms with E-state index in [1.165, 1.54) is 24.5 Å². The summed E-state index contributed by atoms with van der Waals surface area (Å²) in [6, 6.07) is 9.34. The highest BCUT2D eigenvalue weighted by Crippen LogP contribution is 2.30. The molecule has 1 atom stereocenters.